The van der Waals surface area contributed by atoms with Crippen LogP contribution < -0.4 is 15.8 Å². The molecule has 0 saturated carbocycles. The first kappa shape index (κ1) is 13.9. The zero-order valence-electron chi connectivity index (χ0n) is 10.0. The van der Waals surface area contributed by atoms with Crippen molar-refractivity contribution < 1.29 is 18.3 Å². The van der Waals surface area contributed by atoms with Gasteiger partial charge < -0.3 is 15.7 Å². The van der Waals surface area contributed by atoms with Gasteiger partial charge >= 0.3 is 0 Å². The second kappa shape index (κ2) is 5.25. The van der Waals surface area contributed by atoms with Crippen LogP contribution in [0.25, 0.3) is 0 Å². The minimum absolute atomic E-state index is 0.0651. The van der Waals surface area contributed by atoms with Crippen LogP contribution in [-0.4, -0.2) is 38.1 Å². The van der Waals surface area contributed by atoms with Crippen LogP contribution in [0.5, 0.6) is 0 Å². The molecule has 2 atom stereocenters. The largest absolute Gasteiger partial charge is 0.392 e. The number of aliphatic hydroxyl groups excluding tert-OH is 1. The molecule has 2 rings (SSSR count). The van der Waals surface area contributed by atoms with Gasteiger partial charge in [0, 0.05) is 12.2 Å². The van der Waals surface area contributed by atoms with E-state index in [1.54, 1.807) is 6.07 Å². The molecule has 0 aliphatic carbocycles. The second-order valence-corrected chi connectivity index (χ2v) is 5.97. The maximum atomic E-state index is 11.9. The average Bonchev–Trinajstić information content (AvgIpc) is 2.75. The van der Waals surface area contributed by atoms with E-state index < -0.39 is 22.2 Å². The summed E-state index contributed by atoms with van der Waals surface area (Å²) >= 11 is 0. The van der Waals surface area contributed by atoms with Gasteiger partial charge in [0.25, 0.3) is 0 Å². The summed E-state index contributed by atoms with van der Waals surface area (Å²) in [5, 5.41) is 19.8. The molecule has 0 aromatic heterocycles. The van der Waals surface area contributed by atoms with Gasteiger partial charge in [-0.1, -0.05) is 6.07 Å². The van der Waals surface area contributed by atoms with E-state index in [9.17, 15) is 18.3 Å². The number of hydrogen-bond donors (Lipinski definition) is 4. The van der Waals surface area contributed by atoms with Gasteiger partial charge in [0.15, 0.2) is 0 Å². The van der Waals surface area contributed by atoms with Crippen molar-refractivity contribution in [3.05, 3.63) is 24.3 Å². The number of nitrogens with two attached hydrogens (primary N) is 1. The first-order chi connectivity index (χ1) is 8.86. The van der Waals surface area contributed by atoms with Crippen molar-refractivity contribution in [2.75, 3.05) is 11.9 Å². The number of anilines is 1. The fourth-order valence-corrected chi connectivity index (χ4v) is 2.46. The van der Waals surface area contributed by atoms with Crippen molar-refractivity contribution in [3.63, 3.8) is 0 Å². The lowest BCUT2D eigenvalue weighted by atomic mass is 10.2. The second-order valence-electron chi connectivity index (χ2n) is 4.41. The molecule has 7 nitrogen and oxygen atoms in total. The van der Waals surface area contributed by atoms with Crippen molar-refractivity contribution in [1.82, 2.24) is 5.32 Å². The van der Waals surface area contributed by atoms with Gasteiger partial charge in [-0.3, -0.25) is 4.79 Å². The lowest BCUT2D eigenvalue weighted by Gasteiger charge is -2.11. The van der Waals surface area contributed by atoms with E-state index >= 15 is 0 Å². The van der Waals surface area contributed by atoms with Gasteiger partial charge in [0.2, 0.25) is 15.9 Å². The predicted octanol–water partition coefficient (Wildman–Crippen LogP) is -1.00. The number of primary sulfonamides is 1. The number of carbonyl (C=O) groups is 1. The first-order valence-corrected chi connectivity index (χ1v) is 7.26. The van der Waals surface area contributed by atoms with Crippen molar-refractivity contribution in [2.45, 2.75) is 23.5 Å². The third-order valence-corrected chi connectivity index (χ3v) is 3.77. The number of β-amino-alcohol motifs (C(OH)–C–C–N with tert-alkyl or cyclic N) is 1. The van der Waals surface area contributed by atoms with Crippen LogP contribution in [0, 0.1) is 0 Å². The topological polar surface area (TPSA) is 122 Å². The van der Waals surface area contributed by atoms with E-state index in [4.69, 9.17) is 5.14 Å². The van der Waals surface area contributed by atoms with E-state index in [0.717, 1.165) is 0 Å². The van der Waals surface area contributed by atoms with Crippen LogP contribution in [-0.2, 0) is 14.8 Å². The average molecular weight is 285 g/mol. The summed E-state index contributed by atoms with van der Waals surface area (Å²) in [4.78, 5) is 11.8. The van der Waals surface area contributed by atoms with Crippen LogP contribution in [0.2, 0.25) is 0 Å². The predicted molar refractivity (Wildman–Crippen MR) is 68.9 cm³/mol. The highest BCUT2D eigenvalue weighted by Gasteiger charge is 2.28. The van der Waals surface area contributed by atoms with E-state index in [1.165, 1.54) is 18.2 Å². The number of aliphatic hydroxyl groups is 1. The summed E-state index contributed by atoms with van der Waals surface area (Å²) in [6, 6.07) is 5.22. The maximum Gasteiger partial charge on any atom is 0.241 e. The monoisotopic (exact) mass is 285 g/mol. The van der Waals surface area contributed by atoms with Gasteiger partial charge in [-0.25, -0.2) is 13.6 Å². The number of carbonyl (C=O) groups excluding carboxylic acids is 1. The lowest BCUT2D eigenvalue weighted by molar-refractivity contribution is -0.117. The number of hydrogen-bond acceptors (Lipinski definition) is 5. The van der Waals surface area contributed by atoms with Gasteiger partial charge in [-0.2, -0.15) is 0 Å². The molecule has 1 aliphatic heterocycles. The molecule has 1 heterocycles. The highest BCUT2D eigenvalue weighted by molar-refractivity contribution is 7.89. The molecule has 2 unspecified atom stereocenters. The summed E-state index contributed by atoms with van der Waals surface area (Å²) in [6.07, 6.45) is -0.202. The molecule has 1 aliphatic rings. The number of nitrogens with one attached hydrogen (secondary N) is 2. The summed E-state index contributed by atoms with van der Waals surface area (Å²) in [5.41, 5.74) is 0.347. The Morgan fingerprint density at radius 1 is 1.47 bits per heavy atom. The van der Waals surface area contributed by atoms with Crippen LogP contribution >= 0.6 is 0 Å². The minimum atomic E-state index is -3.80. The molecule has 1 saturated heterocycles. The normalized spacial score (nSPS) is 23.3. The third-order valence-electron chi connectivity index (χ3n) is 2.85. The molecular weight excluding hydrogens is 270 g/mol. The number of rotatable bonds is 3. The third kappa shape index (κ3) is 3.51. The number of benzene rings is 1. The number of sulfonamides is 1. The molecule has 1 fully saturated rings. The number of amides is 1. The lowest BCUT2D eigenvalue weighted by Crippen LogP contribution is -2.35. The van der Waals surface area contributed by atoms with Crippen LogP contribution in [0.15, 0.2) is 29.2 Å². The Labute approximate surface area is 110 Å². The highest BCUT2D eigenvalue weighted by atomic mass is 32.2. The summed E-state index contributed by atoms with van der Waals surface area (Å²) in [5.74, 6) is -0.317. The van der Waals surface area contributed by atoms with Gasteiger partial charge in [-0.05, 0) is 24.6 Å². The quantitative estimate of drug-likeness (QED) is 0.567. The maximum absolute atomic E-state index is 11.9. The van der Waals surface area contributed by atoms with Crippen molar-refractivity contribution in [1.29, 1.82) is 0 Å². The molecule has 0 spiro atoms. The van der Waals surface area contributed by atoms with Crippen molar-refractivity contribution >= 4 is 21.6 Å². The molecule has 104 valence electrons. The van der Waals surface area contributed by atoms with Crippen LogP contribution in [0.1, 0.15) is 6.42 Å². The molecular formula is C11H15N3O4S. The zero-order valence-corrected chi connectivity index (χ0v) is 10.9. The summed E-state index contributed by atoms with van der Waals surface area (Å²) in [6.45, 7) is 0.370. The Balaban J connectivity index is 2.09. The van der Waals surface area contributed by atoms with Gasteiger partial charge in [0.05, 0.1) is 17.0 Å². The zero-order chi connectivity index (χ0) is 14.0. The first-order valence-electron chi connectivity index (χ1n) is 5.71. The Morgan fingerprint density at radius 3 is 2.79 bits per heavy atom. The van der Waals surface area contributed by atoms with Crippen molar-refractivity contribution in [2.24, 2.45) is 5.14 Å². The minimum Gasteiger partial charge on any atom is -0.392 e. The fourth-order valence-electron chi connectivity index (χ4n) is 1.90. The molecule has 0 radical (unpaired) electrons. The van der Waals surface area contributed by atoms with Crippen molar-refractivity contribution in [3.8, 4) is 0 Å². The molecule has 8 heteroatoms. The Bertz CT molecular complexity index is 587. The Morgan fingerprint density at radius 2 is 2.21 bits per heavy atom. The standard InChI is InChI=1S/C11H15N3O4S/c12-19(17,18)9-3-1-2-7(4-9)14-11(16)10-5-8(15)6-13-10/h1-4,8,10,13,15H,5-6H2,(H,14,16)(H2,12,17,18). The molecule has 19 heavy (non-hydrogen) atoms. The van der Waals surface area contributed by atoms with E-state index in [-0.39, 0.29) is 10.8 Å². The molecule has 1 amide bonds. The summed E-state index contributed by atoms with van der Waals surface area (Å²) in [7, 11) is -3.80. The van der Waals surface area contributed by atoms with Crippen LogP contribution in [0.3, 0.4) is 0 Å². The van der Waals surface area contributed by atoms with Gasteiger partial charge in [0.1, 0.15) is 0 Å². The molecule has 1 aromatic rings. The van der Waals surface area contributed by atoms with Gasteiger partial charge in [-0.15, -0.1) is 0 Å². The van der Waals surface area contributed by atoms with E-state index in [0.29, 0.717) is 18.7 Å². The summed E-state index contributed by atoms with van der Waals surface area (Å²) < 4.78 is 22.4. The molecule has 1 aromatic carbocycles. The van der Waals surface area contributed by atoms with Crippen LogP contribution in [0.4, 0.5) is 5.69 Å². The SMILES string of the molecule is NS(=O)(=O)c1cccc(NC(=O)C2CC(O)CN2)c1. The fraction of sp³-hybridized carbons (Fsp3) is 0.364. The molecule has 0 bridgehead atoms. The Hall–Kier alpha value is -1.48. The highest BCUT2D eigenvalue weighted by Crippen LogP contribution is 2.15. The van der Waals surface area contributed by atoms with E-state index in [2.05, 4.69) is 10.6 Å². The van der Waals surface area contributed by atoms with E-state index in [1.807, 2.05) is 0 Å². The molecule has 5 N–H and O–H groups in total. The smallest absolute Gasteiger partial charge is 0.241 e. The Kier molecular flexibility index (Phi) is 3.85.